The third-order valence-electron chi connectivity index (χ3n) is 6.99. The molecule has 1 aliphatic heterocycles. The van der Waals surface area contributed by atoms with E-state index in [4.69, 9.17) is 16.3 Å². The fraction of sp³-hybridized carbons (Fsp3) is 0.385. The molecule has 0 bridgehead atoms. The van der Waals surface area contributed by atoms with Crippen molar-refractivity contribution in [1.29, 1.82) is 0 Å². The van der Waals surface area contributed by atoms with Gasteiger partial charge in [-0.3, -0.25) is 0 Å². The number of likely N-dealkylation sites (tertiary alicyclic amines) is 1. The summed E-state index contributed by atoms with van der Waals surface area (Å²) >= 11 is 6.41. The Morgan fingerprint density at radius 1 is 1.09 bits per heavy atom. The lowest BCUT2D eigenvalue weighted by Crippen LogP contribution is -2.59. The van der Waals surface area contributed by atoms with E-state index in [-0.39, 0.29) is 0 Å². The highest BCUT2D eigenvalue weighted by molar-refractivity contribution is 7.70. The number of aromatic nitrogens is 2. The van der Waals surface area contributed by atoms with E-state index < -0.39 is 7.14 Å². The van der Waals surface area contributed by atoms with Gasteiger partial charge in [0.15, 0.2) is 5.82 Å². The molecule has 9 heteroatoms. The van der Waals surface area contributed by atoms with Crippen molar-refractivity contribution in [3.63, 3.8) is 0 Å². The molecular formula is C26H31ClN5O2P. The second-order valence-electron chi connectivity index (χ2n) is 10.2. The summed E-state index contributed by atoms with van der Waals surface area (Å²) in [7, 11) is 1.39. The Balaban J connectivity index is 1.38. The molecule has 3 aromatic rings. The molecule has 7 nitrogen and oxygen atoms in total. The minimum absolute atomic E-state index is 0.373. The van der Waals surface area contributed by atoms with Crippen molar-refractivity contribution in [3.8, 4) is 5.75 Å². The predicted molar refractivity (Wildman–Crippen MR) is 144 cm³/mol. The SMILES string of the molecule is COc1c(Nc2ncc(Cl)c(Nc3ccccc3P(C)(C)=O)n2)cccc1C1CC2(C1)CN(C)C2. The third-order valence-corrected chi connectivity index (χ3v) is 8.81. The molecule has 0 amide bonds. The van der Waals surface area contributed by atoms with E-state index in [0.717, 1.165) is 16.7 Å². The van der Waals surface area contributed by atoms with E-state index in [0.29, 0.717) is 33.8 Å². The smallest absolute Gasteiger partial charge is 0.229 e. The zero-order valence-electron chi connectivity index (χ0n) is 20.5. The number of nitrogens with one attached hydrogen (secondary N) is 2. The highest BCUT2D eigenvalue weighted by atomic mass is 35.5. The molecule has 0 unspecified atom stereocenters. The van der Waals surface area contributed by atoms with Crippen LogP contribution in [0.5, 0.6) is 5.75 Å². The van der Waals surface area contributed by atoms with Crippen molar-refractivity contribution in [2.45, 2.75) is 18.8 Å². The number of hydrogen-bond acceptors (Lipinski definition) is 7. The summed E-state index contributed by atoms with van der Waals surface area (Å²) in [5.41, 5.74) is 3.25. The van der Waals surface area contributed by atoms with Gasteiger partial charge in [0.25, 0.3) is 0 Å². The minimum Gasteiger partial charge on any atom is -0.494 e. The van der Waals surface area contributed by atoms with Gasteiger partial charge in [-0.15, -0.1) is 0 Å². The van der Waals surface area contributed by atoms with Gasteiger partial charge in [0.05, 0.1) is 24.7 Å². The van der Waals surface area contributed by atoms with E-state index in [9.17, 15) is 4.57 Å². The van der Waals surface area contributed by atoms with Crippen molar-refractivity contribution in [2.24, 2.45) is 5.41 Å². The van der Waals surface area contributed by atoms with Crippen LogP contribution in [0.25, 0.3) is 0 Å². The number of hydrogen-bond donors (Lipinski definition) is 2. The molecule has 1 saturated heterocycles. The Bertz CT molecular complexity index is 1300. The summed E-state index contributed by atoms with van der Waals surface area (Å²) < 4.78 is 18.6. The van der Waals surface area contributed by atoms with E-state index >= 15 is 0 Å². The number of para-hydroxylation sites is 2. The summed E-state index contributed by atoms with van der Waals surface area (Å²) in [6, 6.07) is 13.7. The van der Waals surface area contributed by atoms with Crippen LogP contribution >= 0.6 is 18.7 Å². The van der Waals surface area contributed by atoms with Crippen LogP contribution in [0.1, 0.15) is 24.3 Å². The summed E-state index contributed by atoms with van der Waals surface area (Å²) in [5, 5.41) is 7.68. The average Bonchev–Trinajstić information content (AvgIpc) is 2.77. The molecule has 2 aliphatic rings. The molecule has 1 aliphatic carbocycles. The molecule has 1 spiro atoms. The van der Waals surface area contributed by atoms with E-state index in [2.05, 4.69) is 38.6 Å². The van der Waals surface area contributed by atoms with E-state index in [1.807, 2.05) is 36.4 Å². The van der Waals surface area contributed by atoms with E-state index in [1.54, 1.807) is 26.6 Å². The lowest BCUT2D eigenvalue weighted by Gasteiger charge is -2.58. The summed E-state index contributed by atoms with van der Waals surface area (Å²) in [6.07, 6.45) is 3.94. The first kappa shape index (κ1) is 24.1. The van der Waals surface area contributed by atoms with Gasteiger partial charge < -0.3 is 24.8 Å². The Morgan fingerprint density at radius 2 is 1.80 bits per heavy atom. The average molecular weight is 512 g/mol. The molecule has 0 atom stereocenters. The molecule has 35 heavy (non-hydrogen) atoms. The summed E-state index contributed by atoms with van der Waals surface area (Å²) in [6.45, 7) is 5.86. The Labute approximate surface area is 211 Å². The highest BCUT2D eigenvalue weighted by Gasteiger charge is 2.51. The minimum atomic E-state index is -2.49. The zero-order valence-corrected chi connectivity index (χ0v) is 22.2. The van der Waals surface area contributed by atoms with Crippen molar-refractivity contribution in [2.75, 3.05) is 51.2 Å². The highest BCUT2D eigenvalue weighted by Crippen LogP contribution is 2.57. The third kappa shape index (κ3) is 4.77. The number of halogens is 1. The number of benzene rings is 2. The largest absolute Gasteiger partial charge is 0.494 e. The molecule has 1 saturated carbocycles. The van der Waals surface area contributed by atoms with Crippen LogP contribution in [0.4, 0.5) is 23.1 Å². The Morgan fingerprint density at radius 3 is 2.49 bits per heavy atom. The van der Waals surface area contributed by atoms with Gasteiger partial charge in [0, 0.05) is 18.4 Å². The fourth-order valence-corrected chi connectivity index (χ4v) is 6.87. The van der Waals surface area contributed by atoms with Gasteiger partial charge >= 0.3 is 0 Å². The first-order chi connectivity index (χ1) is 16.7. The quantitative estimate of drug-likeness (QED) is 0.395. The Hall–Kier alpha value is -2.60. The number of anilines is 4. The standard InChI is InChI=1S/C26H31ClN5O2P/c1-32-15-26(16-32)12-17(13-26)18-8-7-10-21(23(18)34-2)30-25-28-14-19(27)24(31-25)29-20-9-5-6-11-22(20)35(3,4)33/h5-11,14,17H,12-13,15-16H2,1-4H3,(H2,28,29,30,31). The van der Waals surface area contributed by atoms with Crippen LogP contribution in [0.15, 0.2) is 48.7 Å². The Kier molecular flexibility index (Phi) is 6.28. The monoisotopic (exact) mass is 511 g/mol. The molecule has 2 aromatic carbocycles. The zero-order chi connectivity index (χ0) is 24.8. The first-order valence-electron chi connectivity index (χ1n) is 11.7. The molecule has 2 heterocycles. The van der Waals surface area contributed by atoms with Crippen LogP contribution in [-0.2, 0) is 4.57 Å². The first-order valence-corrected chi connectivity index (χ1v) is 14.7. The summed E-state index contributed by atoms with van der Waals surface area (Å²) in [4.78, 5) is 11.4. The number of nitrogens with zero attached hydrogens (tertiary/aromatic N) is 3. The van der Waals surface area contributed by atoms with Crippen molar-refractivity contribution >= 4 is 47.2 Å². The van der Waals surface area contributed by atoms with E-state index in [1.165, 1.54) is 31.5 Å². The predicted octanol–water partition coefficient (Wildman–Crippen LogP) is 5.68. The maximum Gasteiger partial charge on any atom is 0.229 e. The van der Waals surface area contributed by atoms with Crippen LogP contribution < -0.4 is 20.7 Å². The maximum atomic E-state index is 12.8. The molecular weight excluding hydrogens is 481 g/mol. The molecule has 184 valence electrons. The number of rotatable bonds is 7. The number of ether oxygens (including phenoxy) is 1. The van der Waals surface area contributed by atoms with Crippen molar-refractivity contribution in [3.05, 3.63) is 59.2 Å². The molecule has 2 N–H and O–H groups in total. The van der Waals surface area contributed by atoms with Crippen molar-refractivity contribution in [1.82, 2.24) is 14.9 Å². The van der Waals surface area contributed by atoms with Crippen LogP contribution in [-0.4, -0.2) is 55.4 Å². The second-order valence-corrected chi connectivity index (χ2v) is 13.8. The normalized spacial score (nSPS) is 17.5. The van der Waals surface area contributed by atoms with Gasteiger partial charge in [0.2, 0.25) is 5.95 Å². The van der Waals surface area contributed by atoms with Crippen molar-refractivity contribution < 1.29 is 9.30 Å². The van der Waals surface area contributed by atoms with Gasteiger partial charge in [0.1, 0.15) is 17.9 Å². The molecule has 2 fully saturated rings. The number of methoxy groups -OCH3 is 1. The topological polar surface area (TPSA) is 79.4 Å². The van der Waals surface area contributed by atoms with Gasteiger partial charge in [-0.05, 0) is 68.3 Å². The lowest BCUT2D eigenvalue weighted by atomic mass is 9.56. The second kappa shape index (κ2) is 9.12. The van der Waals surface area contributed by atoms with Crippen LogP contribution in [0, 0.1) is 5.41 Å². The molecule has 5 rings (SSSR count). The van der Waals surface area contributed by atoms with Gasteiger partial charge in [-0.1, -0.05) is 35.9 Å². The molecule has 0 radical (unpaired) electrons. The summed E-state index contributed by atoms with van der Waals surface area (Å²) in [5.74, 6) is 2.16. The van der Waals surface area contributed by atoms with Gasteiger partial charge in [-0.25, -0.2) is 4.98 Å². The maximum absolute atomic E-state index is 12.8. The van der Waals surface area contributed by atoms with Crippen LogP contribution in [0.3, 0.4) is 0 Å². The van der Waals surface area contributed by atoms with Crippen LogP contribution in [0.2, 0.25) is 5.02 Å². The fourth-order valence-electron chi connectivity index (χ4n) is 5.58. The van der Waals surface area contributed by atoms with Gasteiger partial charge in [-0.2, -0.15) is 4.98 Å². The lowest BCUT2D eigenvalue weighted by molar-refractivity contribution is -0.0587. The molecule has 1 aromatic heterocycles.